The molecule has 1 aliphatic rings. The number of fused-ring (bicyclic) bond motifs is 2. The molecule has 0 aliphatic carbocycles. The molecule has 10 heteroatoms. The number of thiophene rings is 1. The van der Waals surface area contributed by atoms with Gasteiger partial charge in [-0.25, -0.2) is 4.79 Å². The molecule has 0 unspecified atom stereocenters. The Morgan fingerprint density at radius 2 is 2.10 bits per heavy atom. The fourth-order valence-corrected chi connectivity index (χ4v) is 4.28. The topological polar surface area (TPSA) is 78.6 Å². The Hall–Kier alpha value is -3.40. The summed E-state index contributed by atoms with van der Waals surface area (Å²) in [4.78, 5) is 13.0. The zero-order chi connectivity index (χ0) is 21.6. The van der Waals surface area contributed by atoms with Crippen LogP contribution in [0.25, 0.3) is 16.2 Å². The van der Waals surface area contributed by atoms with Gasteiger partial charge in [-0.1, -0.05) is 0 Å². The lowest BCUT2D eigenvalue weighted by Gasteiger charge is -2.15. The molecule has 4 heterocycles. The van der Waals surface area contributed by atoms with E-state index in [4.69, 9.17) is 9.47 Å². The molecule has 0 amide bonds. The Kier molecular flexibility index (Phi) is 4.66. The maximum Gasteiger partial charge on any atom is 0.348 e. The zero-order valence-electron chi connectivity index (χ0n) is 16.3. The Morgan fingerprint density at radius 3 is 2.94 bits per heavy atom. The number of benzene rings is 1. The third kappa shape index (κ3) is 3.32. The van der Waals surface area contributed by atoms with Gasteiger partial charge < -0.3 is 9.47 Å². The van der Waals surface area contributed by atoms with Gasteiger partial charge in [0.1, 0.15) is 16.3 Å². The minimum absolute atomic E-state index is 0.195. The van der Waals surface area contributed by atoms with Crippen LogP contribution in [0.1, 0.15) is 33.5 Å². The Bertz CT molecular complexity index is 1300. The molecule has 4 aromatic rings. The average molecular weight is 442 g/mol. The number of nitrogens with zero attached hydrogens (tertiary/aromatic N) is 4. The molecule has 158 valence electrons. The number of aromatic nitrogens is 4. The Balaban J connectivity index is 1.54. The molecule has 1 aliphatic heterocycles. The fourth-order valence-electron chi connectivity index (χ4n) is 3.41. The van der Waals surface area contributed by atoms with Crippen LogP contribution in [0.2, 0.25) is 0 Å². The van der Waals surface area contributed by atoms with Crippen LogP contribution in [-0.2, 0) is 17.1 Å². The van der Waals surface area contributed by atoms with Crippen molar-refractivity contribution in [1.29, 1.82) is 0 Å². The average Bonchev–Trinajstić information content (AvgIpc) is 3.51. The van der Waals surface area contributed by atoms with Crippen LogP contribution in [0.15, 0.2) is 42.5 Å². The van der Waals surface area contributed by atoms with E-state index in [2.05, 4.69) is 15.3 Å². The highest BCUT2D eigenvalue weighted by molar-refractivity contribution is 7.17. The predicted octanol–water partition coefficient (Wildman–Crippen LogP) is 4.10. The van der Waals surface area contributed by atoms with Gasteiger partial charge in [-0.05, 0) is 55.0 Å². The van der Waals surface area contributed by atoms with Gasteiger partial charge >= 0.3 is 11.9 Å². The van der Waals surface area contributed by atoms with Gasteiger partial charge in [0, 0.05) is 12.0 Å². The lowest BCUT2D eigenvalue weighted by atomic mass is 10.0. The number of ether oxygens (including phenoxy) is 2. The molecule has 0 bridgehead atoms. The maximum absolute atomic E-state index is 15.4. The number of hydrogen-bond acceptors (Lipinski definition) is 7. The van der Waals surface area contributed by atoms with Crippen LogP contribution in [0.4, 0.5) is 8.78 Å². The van der Waals surface area contributed by atoms with Crippen LogP contribution in [0.3, 0.4) is 0 Å². The maximum atomic E-state index is 15.4. The number of carbonyl (C=O) groups excluding carboxylic acids is 1. The molecular formula is C21H16F2N4O3S. The van der Waals surface area contributed by atoms with E-state index in [1.165, 1.54) is 23.5 Å². The van der Waals surface area contributed by atoms with E-state index in [-0.39, 0.29) is 17.8 Å². The summed E-state index contributed by atoms with van der Waals surface area (Å²) in [6.45, 7) is 2.48. The number of hydrogen-bond donors (Lipinski definition) is 0. The largest absolute Gasteiger partial charge is 0.493 e. The first-order valence-corrected chi connectivity index (χ1v) is 10.4. The summed E-state index contributed by atoms with van der Waals surface area (Å²) in [7, 11) is 0. The molecule has 0 saturated heterocycles. The van der Waals surface area contributed by atoms with Gasteiger partial charge in [-0.3, -0.25) is 0 Å². The first-order valence-electron chi connectivity index (χ1n) is 9.61. The second-order valence-corrected chi connectivity index (χ2v) is 7.98. The summed E-state index contributed by atoms with van der Waals surface area (Å²) >= 11 is 1.18. The molecule has 0 saturated carbocycles. The molecule has 0 radical (unpaired) electrons. The van der Waals surface area contributed by atoms with E-state index >= 15 is 8.78 Å². The molecule has 5 rings (SSSR count). The van der Waals surface area contributed by atoms with Crippen LogP contribution < -0.4 is 4.74 Å². The van der Waals surface area contributed by atoms with E-state index in [0.717, 1.165) is 10.1 Å². The SMILES string of the molecule is CCOC(=O)c1ccc(-c2ccc3nnc(C(F)(F)c4ccc5c(c4)CCO5)n3n2)s1. The highest BCUT2D eigenvalue weighted by Gasteiger charge is 2.40. The summed E-state index contributed by atoms with van der Waals surface area (Å²) in [5, 5.41) is 11.9. The zero-order valence-corrected chi connectivity index (χ0v) is 17.2. The van der Waals surface area contributed by atoms with Gasteiger partial charge in [0.15, 0.2) is 5.65 Å². The summed E-state index contributed by atoms with van der Waals surface area (Å²) < 4.78 is 42.2. The highest BCUT2D eigenvalue weighted by Crippen LogP contribution is 2.38. The van der Waals surface area contributed by atoms with Crippen molar-refractivity contribution in [3.8, 4) is 16.3 Å². The molecule has 7 nitrogen and oxygen atoms in total. The van der Waals surface area contributed by atoms with Gasteiger partial charge in [-0.15, -0.1) is 21.5 Å². The van der Waals surface area contributed by atoms with Crippen molar-refractivity contribution in [1.82, 2.24) is 19.8 Å². The molecular weight excluding hydrogens is 426 g/mol. The summed E-state index contributed by atoms with van der Waals surface area (Å²) in [5.74, 6) is -3.79. The van der Waals surface area contributed by atoms with Crippen molar-refractivity contribution in [2.45, 2.75) is 19.3 Å². The molecule has 31 heavy (non-hydrogen) atoms. The molecule has 0 N–H and O–H groups in total. The van der Waals surface area contributed by atoms with E-state index in [0.29, 0.717) is 34.2 Å². The monoisotopic (exact) mass is 442 g/mol. The van der Waals surface area contributed by atoms with Gasteiger partial charge in [-0.2, -0.15) is 18.4 Å². The minimum Gasteiger partial charge on any atom is -0.493 e. The van der Waals surface area contributed by atoms with Crippen molar-refractivity contribution in [2.24, 2.45) is 0 Å². The van der Waals surface area contributed by atoms with E-state index in [9.17, 15) is 4.79 Å². The second-order valence-electron chi connectivity index (χ2n) is 6.89. The van der Waals surface area contributed by atoms with Crippen molar-refractivity contribution >= 4 is 23.0 Å². The minimum atomic E-state index is -3.41. The lowest BCUT2D eigenvalue weighted by Crippen LogP contribution is -2.20. The number of carbonyl (C=O) groups is 1. The molecule has 1 aromatic carbocycles. The number of halogens is 2. The number of esters is 1. The smallest absolute Gasteiger partial charge is 0.348 e. The van der Waals surface area contributed by atoms with Gasteiger partial charge in [0.2, 0.25) is 5.82 Å². The van der Waals surface area contributed by atoms with Crippen LogP contribution in [0.5, 0.6) is 5.75 Å². The van der Waals surface area contributed by atoms with Gasteiger partial charge in [0.05, 0.1) is 18.1 Å². The predicted molar refractivity (Wildman–Crippen MR) is 109 cm³/mol. The van der Waals surface area contributed by atoms with Crippen LogP contribution in [0, 0.1) is 0 Å². The molecule has 0 fully saturated rings. The Labute approximate surface area is 179 Å². The fraction of sp³-hybridized carbons (Fsp3) is 0.238. The first-order chi connectivity index (χ1) is 15.0. The molecule has 3 aromatic heterocycles. The number of rotatable bonds is 5. The van der Waals surface area contributed by atoms with Crippen LogP contribution in [-0.4, -0.2) is 39.0 Å². The van der Waals surface area contributed by atoms with E-state index in [1.807, 2.05) is 0 Å². The van der Waals surface area contributed by atoms with E-state index in [1.54, 1.807) is 37.3 Å². The van der Waals surface area contributed by atoms with Crippen molar-refractivity contribution in [3.63, 3.8) is 0 Å². The third-order valence-corrected chi connectivity index (χ3v) is 6.02. The number of alkyl halides is 2. The quantitative estimate of drug-likeness (QED) is 0.433. The second kappa shape index (κ2) is 7.38. The normalized spacial score (nSPS) is 13.3. The summed E-state index contributed by atoms with van der Waals surface area (Å²) in [5.41, 5.74) is 1.17. The summed E-state index contributed by atoms with van der Waals surface area (Å²) in [6, 6.07) is 10.9. The lowest BCUT2D eigenvalue weighted by molar-refractivity contribution is 0.0305. The standard InChI is InChI=1S/C21H16F2N4O3S/c1-2-29-19(28)17-7-6-16(31-17)14-4-8-18-24-25-20(27(18)26-14)21(22,23)13-3-5-15-12(11-13)9-10-30-15/h3-8,11H,2,9-10H2,1H3. The van der Waals surface area contributed by atoms with Crippen molar-refractivity contribution in [2.75, 3.05) is 13.2 Å². The third-order valence-electron chi connectivity index (χ3n) is 4.93. The van der Waals surface area contributed by atoms with Crippen LogP contribution >= 0.6 is 11.3 Å². The first kappa shape index (κ1) is 19.6. The van der Waals surface area contributed by atoms with Crippen molar-refractivity contribution < 1.29 is 23.0 Å². The van der Waals surface area contributed by atoms with E-state index < -0.39 is 17.7 Å². The van der Waals surface area contributed by atoms with Gasteiger partial charge in [0.25, 0.3) is 0 Å². The molecule has 0 spiro atoms. The highest BCUT2D eigenvalue weighted by atomic mass is 32.1. The summed E-state index contributed by atoms with van der Waals surface area (Å²) in [6.07, 6.45) is 0.587. The Morgan fingerprint density at radius 1 is 1.23 bits per heavy atom. The van der Waals surface area contributed by atoms with Crippen molar-refractivity contribution in [3.05, 3.63) is 64.3 Å². The molecule has 0 atom stereocenters.